The number of hydrogen-bond acceptors (Lipinski definition) is 2. The lowest BCUT2D eigenvalue weighted by molar-refractivity contribution is -0.124. The molecule has 3 N–H and O–H groups in total. The zero-order valence-corrected chi connectivity index (χ0v) is 12.0. The molecule has 20 heavy (non-hydrogen) atoms. The van der Waals surface area contributed by atoms with Gasteiger partial charge in [0.15, 0.2) is 0 Å². The monoisotopic (exact) mass is 288 g/mol. The van der Waals surface area contributed by atoms with Crippen molar-refractivity contribution < 1.29 is 4.79 Å². The number of nitrogens with two attached hydrogens (primary N) is 1. The van der Waals surface area contributed by atoms with Gasteiger partial charge in [0.05, 0.1) is 0 Å². The van der Waals surface area contributed by atoms with Gasteiger partial charge >= 0.3 is 0 Å². The molecule has 0 radical (unpaired) electrons. The molecule has 0 saturated heterocycles. The molecule has 2 rings (SSSR count). The van der Waals surface area contributed by atoms with Crippen LogP contribution in [-0.2, 0) is 16.9 Å². The van der Waals surface area contributed by atoms with Crippen LogP contribution in [0.3, 0.4) is 0 Å². The second-order valence-electron chi connectivity index (χ2n) is 4.84. The topological polar surface area (TPSA) is 55.1 Å². The van der Waals surface area contributed by atoms with Gasteiger partial charge in [-0.05, 0) is 30.2 Å². The Morgan fingerprint density at radius 3 is 2.30 bits per heavy atom. The Hall–Kier alpha value is -1.84. The van der Waals surface area contributed by atoms with E-state index >= 15 is 0 Å². The minimum atomic E-state index is -0.930. The fourth-order valence-corrected chi connectivity index (χ4v) is 2.12. The maximum absolute atomic E-state index is 11.9. The first-order valence-electron chi connectivity index (χ1n) is 6.37. The SMILES string of the molecule is CC(NCc1ccccc1)(C(N)=O)c1ccc(Cl)cc1. The van der Waals surface area contributed by atoms with E-state index in [0.29, 0.717) is 11.6 Å². The van der Waals surface area contributed by atoms with Crippen molar-refractivity contribution >= 4 is 17.5 Å². The summed E-state index contributed by atoms with van der Waals surface area (Å²) in [5.74, 6) is -0.421. The van der Waals surface area contributed by atoms with Gasteiger partial charge in [0.2, 0.25) is 5.91 Å². The lowest BCUT2D eigenvalue weighted by Gasteiger charge is -2.28. The number of halogens is 1. The third-order valence-electron chi connectivity index (χ3n) is 3.40. The predicted octanol–water partition coefficient (Wildman–Crippen LogP) is 2.83. The van der Waals surface area contributed by atoms with E-state index in [0.717, 1.165) is 11.1 Å². The molecular weight excluding hydrogens is 272 g/mol. The van der Waals surface area contributed by atoms with Gasteiger partial charge in [-0.3, -0.25) is 10.1 Å². The van der Waals surface area contributed by atoms with Gasteiger partial charge in [-0.15, -0.1) is 0 Å². The summed E-state index contributed by atoms with van der Waals surface area (Å²) in [5, 5.41) is 3.86. The first kappa shape index (κ1) is 14.6. The summed E-state index contributed by atoms with van der Waals surface area (Å²) in [7, 11) is 0. The predicted molar refractivity (Wildman–Crippen MR) is 81.3 cm³/mol. The molecule has 2 aromatic rings. The van der Waals surface area contributed by atoms with Gasteiger partial charge in [-0.25, -0.2) is 0 Å². The maximum Gasteiger partial charge on any atom is 0.242 e. The summed E-state index contributed by atoms with van der Waals surface area (Å²) in [6.45, 7) is 2.34. The van der Waals surface area contributed by atoms with Crippen LogP contribution in [-0.4, -0.2) is 5.91 Å². The lowest BCUT2D eigenvalue weighted by Crippen LogP contribution is -2.50. The van der Waals surface area contributed by atoms with E-state index in [-0.39, 0.29) is 0 Å². The molecule has 4 heteroatoms. The minimum Gasteiger partial charge on any atom is -0.368 e. The third-order valence-corrected chi connectivity index (χ3v) is 3.66. The number of amides is 1. The number of hydrogen-bond donors (Lipinski definition) is 2. The number of carbonyl (C=O) groups excluding carboxylic acids is 1. The van der Waals surface area contributed by atoms with Crippen LogP contribution in [0.4, 0.5) is 0 Å². The Labute approximate surface area is 123 Å². The Bertz CT molecular complexity index is 583. The number of carbonyl (C=O) groups is 1. The zero-order chi connectivity index (χ0) is 14.6. The highest BCUT2D eigenvalue weighted by atomic mass is 35.5. The average Bonchev–Trinajstić information content (AvgIpc) is 2.46. The number of benzene rings is 2. The van der Waals surface area contributed by atoms with E-state index in [9.17, 15) is 4.79 Å². The van der Waals surface area contributed by atoms with Gasteiger partial charge in [-0.2, -0.15) is 0 Å². The molecule has 0 heterocycles. The summed E-state index contributed by atoms with van der Waals surface area (Å²) < 4.78 is 0. The Balaban J connectivity index is 2.21. The van der Waals surface area contributed by atoms with Crippen molar-refractivity contribution in [2.24, 2.45) is 5.73 Å². The minimum absolute atomic E-state index is 0.421. The first-order valence-corrected chi connectivity index (χ1v) is 6.75. The quantitative estimate of drug-likeness (QED) is 0.889. The molecule has 0 aliphatic heterocycles. The Morgan fingerprint density at radius 1 is 1.15 bits per heavy atom. The van der Waals surface area contributed by atoms with Crippen molar-refractivity contribution in [2.45, 2.75) is 19.0 Å². The molecule has 0 aliphatic rings. The van der Waals surface area contributed by atoms with Crippen LogP contribution < -0.4 is 11.1 Å². The lowest BCUT2D eigenvalue weighted by atomic mass is 9.91. The van der Waals surface area contributed by atoms with Gasteiger partial charge in [0, 0.05) is 11.6 Å². The second kappa shape index (κ2) is 6.07. The number of rotatable bonds is 5. The summed E-state index contributed by atoms with van der Waals surface area (Å²) in [6, 6.07) is 17.0. The van der Waals surface area contributed by atoms with E-state index in [1.165, 1.54) is 0 Å². The molecule has 1 atom stereocenters. The molecule has 3 nitrogen and oxygen atoms in total. The molecule has 0 aromatic heterocycles. The molecular formula is C16H17ClN2O. The normalized spacial score (nSPS) is 13.7. The van der Waals surface area contributed by atoms with Gasteiger partial charge < -0.3 is 5.73 Å². The van der Waals surface area contributed by atoms with Gasteiger partial charge in [0.1, 0.15) is 5.54 Å². The molecule has 1 unspecified atom stereocenters. The van der Waals surface area contributed by atoms with E-state index in [1.54, 1.807) is 19.1 Å². The molecule has 0 spiro atoms. The number of primary amides is 1. The molecule has 0 bridgehead atoms. The molecule has 104 valence electrons. The van der Waals surface area contributed by atoms with E-state index in [1.807, 2.05) is 42.5 Å². The summed E-state index contributed by atoms with van der Waals surface area (Å²) >= 11 is 5.88. The van der Waals surface area contributed by atoms with Crippen molar-refractivity contribution in [3.05, 3.63) is 70.7 Å². The van der Waals surface area contributed by atoms with Crippen LogP contribution >= 0.6 is 11.6 Å². The summed E-state index contributed by atoms with van der Waals surface area (Å²) in [4.78, 5) is 11.9. The Morgan fingerprint density at radius 2 is 1.75 bits per heavy atom. The first-order chi connectivity index (χ1) is 9.52. The van der Waals surface area contributed by atoms with Crippen molar-refractivity contribution in [1.29, 1.82) is 0 Å². The number of nitrogens with one attached hydrogen (secondary N) is 1. The van der Waals surface area contributed by atoms with Gasteiger partial charge in [-0.1, -0.05) is 54.1 Å². The van der Waals surface area contributed by atoms with Crippen molar-refractivity contribution in [3.63, 3.8) is 0 Å². The highest BCUT2D eigenvalue weighted by molar-refractivity contribution is 6.30. The molecule has 2 aromatic carbocycles. The van der Waals surface area contributed by atoms with Crippen LogP contribution in [0.5, 0.6) is 0 Å². The molecule has 0 saturated carbocycles. The largest absolute Gasteiger partial charge is 0.368 e. The second-order valence-corrected chi connectivity index (χ2v) is 5.27. The fourth-order valence-electron chi connectivity index (χ4n) is 1.99. The Kier molecular flexibility index (Phi) is 4.42. The molecule has 1 amide bonds. The molecule has 0 fully saturated rings. The average molecular weight is 289 g/mol. The smallest absolute Gasteiger partial charge is 0.242 e. The van der Waals surface area contributed by atoms with Crippen molar-refractivity contribution in [1.82, 2.24) is 5.32 Å². The van der Waals surface area contributed by atoms with Crippen LogP contribution in [0.15, 0.2) is 54.6 Å². The standard InChI is InChI=1S/C16H17ClN2O/c1-16(15(18)20,13-7-9-14(17)10-8-13)19-11-12-5-3-2-4-6-12/h2-10,19H,11H2,1H3,(H2,18,20). The highest BCUT2D eigenvalue weighted by Gasteiger charge is 2.32. The summed E-state index contributed by atoms with van der Waals surface area (Å²) in [5.41, 5.74) is 6.53. The molecule has 0 aliphatic carbocycles. The van der Waals surface area contributed by atoms with Gasteiger partial charge in [0.25, 0.3) is 0 Å². The highest BCUT2D eigenvalue weighted by Crippen LogP contribution is 2.23. The summed E-state index contributed by atoms with van der Waals surface area (Å²) in [6.07, 6.45) is 0. The van der Waals surface area contributed by atoms with Crippen molar-refractivity contribution in [2.75, 3.05) is 0 Å². The fraction of sp³-hybridized carbons (Fsp3) is 0.188. The van der Waals surface area contributed by atoms with Crippen LogP contribution in [0.1, 0.15) is 18.1 Å². The van der Waals surface area contributed by atoms with E-state index in [4.69, 9.17) is 17.3 Å². The van der Waals surface area contributed by atoms with Crippen molar-refractivity contribution in [3.8, 4) is 0 Å². The van der Waals surface area contributed by atoms with E-state index < -0.39 is 11.4 Å². The van der Waals surface area contributed by atoms with Crippen LogP contribution in [0, 0.1) is 0 Å². The van der Waals surface area contributed by atoms with Crippen LogP contribution in [0.25, 0.3) is 0 Å². The zero-order valence-electron chi connectivity index (χ0n) is 11.3. The van der Waals surface area contributed by atoms with E-state index in [2.05, 4.69) is 5.32 Å². The third kappa shape index (κ3) is 3.18. The van der Waals surface area contributed by atoms with Crippen LogP contribution in [0.2, 0.25) is 5.02 Å². The maximum atomic E-state index is 11.9.